The molecule has 0 saturated heterocycles. The first-order valence-corrected chi connectivity index (χ1v) is 9.68. The van der Waals surface area contributed by atoms with Crippen molar-refractivity contribution in [2.45, 2.75) is 33.4 Å². The number of nitrogens with zero attached hydrogens (tertiary/aromatic N) is 5. The molecule has 8 heteroatoms. The molecule has 0 bridgehead atoms. The number of benzene rings is 1. The van der Waals surface area contributed by atoms with Crippen molar-refractivity contribution < 1.29 is 4.79 Å². The first kappa shape index (κ1) is 19.5. The molecule has 8 nitrogen and oxygen atoms in total. The number of nitrogens with one attached hydrogen (secondary N) is 1. The van der Waals surface area contributed by atoms with Crippen molar-refractivity contribution >= 4 is 11.7 Å². The lowest BCUT2D eigenvalue weighted by molar-refractivity contribution is -0.120. The highest BCUT2D eigenvalue weighted by molar-refractivity contribution is 5.77. The second-order valence-electron chi connectivity index (χ2n) is 7.22. The van der Waals surface area contributed by atoms with Crippen molar-refractivity contribution in [3.8, 4) is 0 Å². The highest BCUT2D eigenvalue weighted by Gasteiger charge is 2.11. The Morgan fingerprint density at radius 3 is 2.57 bits per heavy atom. The van der Waals surface area contributed by atoms with Crippen LogP contribution in [0.4, 0.5) is 0 Å². The molecule has 0 saturated carbocycles. The standard InChI is InChI=1S/C22H22N6O2/c1-15-11-16(2)28-22(24-15)25-19(26-28)12-20(29)23-13-17-6-8-18(9-7-17)14-27-10-4-3-5-21(27)30/h3-11H,12-14H2,1-2H3,(H,23,29). The lowest BCUT2D eigenvalue weighted by Crippen LogP contribution is -2.25. The number of hydrogen-bond donors (Lipinski definition) is 1. The summed E-state index contributed by atoms with van der Waals surface area (Å²) in [6, 6.07) is 14.8. The summed E-state index contributed by atoms with van der Waals surface area (Å²) in [5.41, 5.74) is 3.75. The molecule has 0 aliphatic carbocycles. The Kier molecular flexibility index (Phi) is 5.38. The molecule has 0 aliphatic heterocycles. The van der Waals surface area contributed by atoms with Crippen molar-refractivity contribution in [2.24, 2.45) is 0 Å². The van der Waals surface area contributed by atoms with Gasteiger partial charge in [0.2, 0.25) is 5.91 Å². The van der Waals surface area contributed by atoms with Gasteiger partial charge in [-0.15, -0.1) is 5.10 Å². The largest absolute Gasteiger partial charge is 0.352 e. The van der Waals surface area contributed by atoms with Crippen LogP contribution in [-0.2, 0) is 24.3 Å². The molecule has 0 unspecified atom stereocenters. The summed E-state index contributed by atoms with van der Waals surface area (Å²) in [7, 11) is 0. The lowest BCUT2D eigenvalue weighted by Gasteiger charge is -2.07. The van der Waals surface area contributed by atoms with Gasteiger partial charge in [-0.05, 0) is 37.1 Å². The normalized spacial score (nSPS) is 11.0. The van der Waals surface area contributed by atoms with Crippen molar-refractivity contribution in [2.75, 3.05) is 0 Å². The number of fused-ring (bicyclic) bond motifs is 1. The van der Waals surface area contributed by atoms with E-state index in [4.69, 9.17) is 0 Å². The summed E-state index contributed by atoms with van der Waals surface area (Å²) in [5, 5.41) is 7.25. The van der Waals surface area contributed by atoms with Crippen LogP contribution in [0.2, 0.25) is 0 Å². The first-order chi connectivity index (χ1) is 14.5. The third kappa shape index (κ3) is 4.43. The molecule has 4 rings (SSSR count). The summed E-state index contributed by atoms with van der Waals surface area (Å²) >= 11 is 0. The predicted octanol–water partition coefficient (Wildman–Crippen LogP) is 1.81. The van der Waals surface area contributed by atoms with Gasteiger partial charge in [-0.2, -0.15) is 4.98 Å². The molecule has 1 N–H and O–H groups in total. The maximum Gasteiger partial charge on any atom is 0.252 e. The fourth-order valence-corrected chi connectivity index (χ4v) is 3.24. The number of carbonyl (C=O) groups excluding carboxylic acids is 1. The van der Waals surface area contributed by atoms with Crippen LogP contribution in [0.3, 0.4) is 0 Å². The van der Waals surface area contributed by atoms with Gasteiger partial charge >= 0.3 is 0 Å². The summed E-state index contributed by atoms with van der Waals surface area (Å²) in [5.74, 6) is 0.793. The molecule has 3 heterocycles. The minimum absolute atomic E-state index is 0.0325. The van der Waals surface area contributed by atoms with E-state index in [1.807, 2.05) is 50.2 Å². The van der Waals surface area contributed by atoms with Crippen LogP contribution in [0.25, 0.3) is 5.78 Å². The van der Waals surface area contributed by atoms with Crippen molar-refractivity contribution in [3.63, 3.8) is 0 Å². The Labute approximate surface area is 173 Å². The van der Waals surface area contributed by atoms with Gasteiger partial charge in [0.15, 0.2) is 5.82 Å². The SMILES string of the molecule is Cc1cc(C)n2nc(CC(=O)NCc3ccc(Cn4ccccc4=O)cc3)nc2n1. The molecule has 0 atom stereocenters. The highest BCUT2D eigenvalue weighted by atomic mass is 16.1. The maximum atomic E-state index is 12.3. The van der Waals surface area contributed by atoms with Crippen LogP contribution < -0.4 is 10.9 Å². The van der Waals surface area contributed by atoms with Crippen molar-refractivity contribution in [1.82, 2.24) is 29.5 Å². The van der Waals surface area contributed by atoms with Crippen LogP contribution in [0, 0.1) is 13.8 Å². The molecule has 3 aromatic heterocycles. The van der Waals surface area contributed by atoms with Gasteiger partial charge in [0, 0.05) is 30.2 Å². The minimum Gasteiger partial charge on any atom is -0.352 e. The fraction of sp³-hybridized carbons (Fsp3) is 0.227. The average molecular weight is 402 g/mol. The van der Waals surface area contributed by atoms with Crippen molar-refractivity contribution in [3.05, 3.63) is 93.4 Å². The highest BCUT2D eigenvalue weighted by Crippen LogP contribution is 2.07. The zero-order valence-corrected chi connectivity index (χ0v) is 16.9. The Balaban J connectivity index is 1.34. The maximum absolute atomic E-state index is 12.3. The molecule has 0 radical (unpaired) electrons. The summed E-state index contributed by atoms with van der Waals surface area (Å²) in [4.78, 5) is 32.8. The van der Waals surface area contributed by atoms with Gasteiger partial charge in [-0.3, -0.25) is 9.59 Å². The molecular weight excluding hydrogens is 380 g/mol. The number of carbonyl (C=O) groups is 1. The molecule has 1 amide bonds. The minimum atomic E-state index is -0.153. The van der Waals surface area contributed by atoms with Gasteiger partial charge in [-0.25, -0.2) is 9.50 Å². The molecular formula is C22H22N6O2. The number of aromatic nitrogens is 5. The smallest absolute Gasteiger partial charge is 0.252 e. The number of amides is 1. The van der Waals surface area contributed by atoms with E-state index >= 15 is 0 Å². The molecule has 152 valence electrons. The Morgan fingerprint density at radius 1 is 1.03 bits per heavy atom. The van der Waals surface area contributed by atoms with E-state index in [1.165, 1.54) is 0 Å². The first-order valence-electron chi connectivity index (χ1n) is 9.68. The summed E-state index contributed by atoms with van der Waals surface area (Å²) in [6.45, 7) is 4.75. The van der Waals surface area contributed by atoms with Gasteiger partial charge < -0.3 is 9.88 Å². The number of aryl methyl sites for hydroxylation is 2. The van der Waals surface area contributed by atoms with Crippen molar-refractivity contribution in [1.29, 1.82) is 0 Å². The zero-order chi connectivity index (χ0) is 21.1. The van der Waals surface area contributed by atoms with Crippen LogP contribution >= 0.6 is 0 Å². The van der Waals surface area contributed by atoms with Crippen LogP contribution in [0.5, 0.6) is 0 Å². The second-order valence-corrected chi connectivity index (χ2v) is 7.22. The zero-order valence-electron chi connectivity index (χ0n) is 16.9. The van der Waals surface area contributed by atoms with Gasteiger partial charge in [0.25, 0.3) is 11.3 Å². The van der Waals surface area contributed by atoms with Crippen LogP contribution in [-0.4, -0.2) is 30.1 Å². The van der Waals surface area contributed by atoms with Gasteiger partial charge in [0.1, 0.15) is 0 Å². The van der Waals surface area contributed by atoms with E-state index in [1.54, 1.807) is 27.4 Å². The van der Waals surface area contributed by atoms with Crippen LogP contribution in [0.15, 0.2) is 59.5 Å². The monoisotopic (exact) mass is 402 g/mol. The molecule has 1 aromatic carbocycles. The van der Waals surface area contributed by atoms with E-state index in [0.29, 0.717) is 24.7 Å². The molecule has 0 fully saturated rings. The quantitative estimate of drug-likeness (QED) is 0.531. The molecule has 0 aliphatic rings. The number of hydrogen-bond acceptors (Lipinski definition) is 5. The van der Waals surface area contributed by atoms with Crippen LogP contribution in [0.1, 0.15) is 28.3 Å². The topological polar surface area (TPSA) is 94.2 Å². The molecule has 0 spiro atoms. The van der Waals surface area contributed by atoms with E-state index in [2.05, 4.69) is 20.4 Å². The lowest BCUT2D eigenvalue weighted by atomic mass is 10.1. The van der Waals surface area contributed by atoms with Gasteiger partial charge in [0.05, 0.1) is 13.0 Å². The Morgan fingerprint density at radius 2 is 1.80 bits per heavy atom. The number of pyridine rings is 1. The summed E-state index contributed by atoms with van der Waals surface area (Å²) < 4.78 is 3.29. The van der Waals surface area contributed by atoms with Gasteiger partial charge in [-0.1, -0.05) is 30.3 Å². The van der Waals surface area contributed by atoms with E-state index in [-0.39, 0.29) is 17.9 Å². The number of rotatable bonds is 6. The summed E-state index contributed by atoms with van der Waals surface area (Å²) in [6.07, 6.45) is 1.86. The Hall–Kier alpha value is -3.81. The third-order valence-corrected chi connectivity index (χ3v) is 4.75. The third-order valence-electron chi connectivity index (χ3n) is 4.75. The van der Waals surface area contributed by atoms with E-state index in [0.717, 1.165) is 22.5 Å². The predicted molar refractivity (Wildman–Crippen MR) is 112 cm³/mol. The average Bonchev–Trinajstić information content (AvgIpc) is 3.12. The fourth-order valence-electron chi connectivity index (χ4n) is 3.24. The second kappa shape index (κ2) is 8.28. The van der Waals surface area contributed by atoms with E-state index in [9.17, 15) is 9.59 Å². The van der Waals surface area contributed by atoms with E-state index < -0.39 is 0 Å². The molecule has 4 aromatic rings. The molecule has 30 heavy (non-hydrogen) atoms. The Bertz CT molecular complexity index is 1260.